The topological polar surface area (TPSA) is 81.4 Å². The summed E-state index contributed by atoms with van der Waals surface area (Å²) in [7, 11) is 0. The number of nitrogens with zero attached hydrogens (tertiary/aromatic N) is 4. The molecule has 0 aliphatic carbocycles. The molecule has 0 aliphatic heterocycles. The van der Waals surface area contributed by atoms with E-state index in [1.54, 1.807) is 6.21 Å². The Morgan fingerprint density at radius 3 is 2.39 bits per heavy atom. The van der Waals surface area contributed by atoms with E-state index >= 15 is 0 Å². The Bertz CT molecular complexity index is 1210. The molecule has 0 saturated heterocycles. The molecule has 8 heteroatoms. The minimum atomic E-state index is -0.231. The Balaban J connectivity index is 1.42. The summed E-state index contributed by atoms with van der Waals surface area (Å²) in [5.41, 5.74) is 5.30. The molecule has 4 rings (SSSR count). The third-order valence-electron chi connectivity index (χ3n) is 4.61. The maximum absolute atomic E-state index is 12.3. The third-order valence-corrected chi connectivity index (χ3v) is 5.54. The number of hydrazone groups is 1. The number of hydrogen-bond acceptors (Lipinski definition) is 6. The first-order valence-electron chi connectivity index (χ1n) is 10.5. The molecular formula is C25H23N5O2S. The zero-order valence-electron chi connectivity index (χ0n) is 18.1. The molecule has 3 aromatic carbocycles. The van der Waals surface area contributed by atoms with Crippen LogP contribution in [0.1, 0.15) is 12.5 Å². The molecule has 0 spiro atoms. The predicted octanol–water partition coefficient (Wildman–Crippen LogP) is 4.58. The van der Waals surface area contributed by atoms with Crippen LogP contribution in [0.2, 0.25) is 0 Å². The first-order valence-corrected chi connectivity index (χ1v) is 11.5. The number of aromatic nitrogens is 3. The summed E-state index contributed by atoms with van der Waals surface area (Å²) in [4.78, 5) is 12.3. The van der Waals surface area contributed by atoms with Crippen molar-refractivity contribution in [3.8, 4) is 22.8 Å². The van der Waals surface area contributed by atoms with Gasteiger partial charge in [-0.3, -0.25) is 9.36 Å². The van der Waals surface area contributed by atoms with Gasteiger partial charge in [-0.2, -0.15) is 5.10 Å². The monoisotopic (exact) mass is 457 g/mol. The van der Waals surface area contributed by atoms with Crippen LogP contribution in [0, 0.1) is 0 Å². The molecule has 0 unspecified atom stereocenters. The van der Waals surface area contributed by atoms with E-state index in [2.05, 4.69) is 20.7 Å². The van der Waals surface area contributed by atoms with E-state index in [4.69, 9.17) is 4.74 Å². The molecule has 0 aliphatic rings. The second kappa shape index (κ2) is 11.1. The van der Waals surface area contributed by atoms with Crippen LogP contribution in [-0.4, -0.2) is 39.2 Å². The van der Waals surface area contributed by atoms with Gasteiger partial charge in [0.1, 0.15) is 5.75 Å². The number of hydrogen-bond donors (Lipinski definition) is 1. The molecule has 7 nitrogen and oxygen atoms in total. The zero-order chi connectivity index (χ0) is 22.9. The smallest absolute Gasteiger partial charge is 0.250 e. The summed E-state index contributed by atoms with van der Waals surface area (Å²) in [5, 5.41) is 13.4. The van der Waals surface area contributed by atoms with Crippen LogP contribution in [0.25, 0.3) is 17.1 Å². The van der Waals surface area contributed by atoms with Crippen molar-refractivity contribution >= 4 is 23.9 Å². The summed E-state index contributed by atoms with van der Waals surface area (Å²) in [6, 6.07) is 27.2. The molecular weight excluding hydrogens is 434 g/mol. The van der Waals surface area contributed by atoms with Crippen molar-refractivity contribution in [2.45, 2.75) is 12.1 Å². The van der Waals surface area contributed by atoms with Crippen LogP contribution in [0.5, 0.6) is 5.75 Å². The summed E-state index contributed by atoms with van der Waals surface area (Å²) < 4.78 is 7.37. The van der Waals surface area contributed by atoms with Crippen LogP contribution >= 0.6 is 11.8 Å². The van der Waals surface area contributed by atoms with Gasteiger partial charge in [-0.15, -0.1) is 10.2 Å². The molecule has 1 heterocycles. The van der Waals surface area contributed by atoms with E-state index in [9.17, 15) is 4.79 Å². The molecule has 33 heavy (non-hydrogen) atoms. The highest BCUT2D eigenvalue weighted by Gasteiger charge is 2.16. The lowest BCUT2D eigenvalue weighted by Crippen LogP contribution is -2.20. The zero-order valence-corrected chi connectivity index (χ0v) is 18.9. The Morgan fingerprint density at radius 2 is 1.70 bits per heavy atom. The fourth-order valence-corrected chi connectivity index (χ4v) is 3.85. The fraction of sp³-hybridized carbons (Fsp3) is 0.120. The van der Waals surface area contributed by atoms with Gasteiger partial charge < -0.3 is 4.74 Å². The largest absolute Gasteiger partial charge is 0.494 e. The SMILES string of the molecule is CCOc1ccc(/C=N\NC(=O)CSc2nnc(-c3ccccc3)n2-c2ccccc2)cc1. The predicted molar refractivity (Wildman–Crippen MR) is 131 cm³/mol. The second-order valence-electron chi connectivity index (χ2n) is 6.93. The highest BCUT2D eigenvalue weighted by molar-refractivity contribution is 7.99. The van der Waals surface area contributed by atoms with Gasteiger partial charge in [-0.1, -0.05) is 60.3 Å². The maximum Gasteiger partial charge on any atom is 0.250 e. The third kappa shape index (κ3) is 5.87. The van der Waals surface area contributed by atoms with Crippen molar-refractivity contribution in [1.82, 2.24) is 20.2 Å². The van der Waals surface area contributed by atoms with Crippen molar-refractivity contribution in [3.05, 3.63) is 90.5 Å². The molecule has 0 bridgehead atoms. The second-order valence-corrected chi connectivity index (χ2v) is 7.87. The Labute approximate surface area is 196 Å². The molecule has 166 valence electrons. The molecule has 0 fully saturated rings. The number of carbonyl (C=O) groups excluding carboxylic acids is 1. The molecule has 0 saturated carbocycles. The normalized spacial score (nSPS) is 10.9. The van der Waals surface area contributed by atoms with E-state index < -0.39 is 0 Å². The van der Waals surface area contributed by atoms with E-state index in [0.29, 0.717) is 11.8 Å². The molecule has 0 atom stereocenters. The highest BCUT2D eigenvalue weighted by Crippen LogP contribution is 2.27. The number of amides is 1. The number of rotatable bonds is 9. The van der Waals surface area contributed by atoms with Gasteiger partial charge in [0.15, 0.2) is 11.0 Å². The number of carbonyl (C=O) groups is 1. The standard InChI is InChI=1S/C25H23N5O2S/c1-2-32-22-15-13-19(14-16-22)17-26-27-23(31)18-33-25-29-28-24(20-9-5-3-6-10-20)30(25)21-11-7-4-8-12-21/h3-17H,2,18H2,1H3,(H,27,31)/b26-17-. The lowest BCUT2D eigenvalue weighted by molar-refractivity contribution is -0.118. The van der Waals surface area contributed by atoms with Gasteiger partial charge in [0.25, 0.3) is 5.91 Å². The summed E-state index contributed by atoms with van der Waals surface area (Å²) in [6.45, 7) is 2.56. The van der Waals surface area contributed by atoms with Crippen LogP contribution in [0.15, 0.2) is 95.2 Å². The number of para-hydroxylation sites is 1. The van der Waals surface area contributed by atoms with Gasteiger partial charge in [-0.05, 0) is 48.9 Å². The van der Waals surface area contributed by atoms with Crippen molar-refractivity contribution < 1.29 is 9.53 Å². The Hall–Kier alpha value is -3.91. The Morgan fingerprint density at radius 1 is 1.00 bits per heavy atom. The lowest BCUT2D eigenvalue weighted by Gasteiger charge is -2.10. The van der Waals surface area contributed by atoms with E-state index in [1.807, 2.05) is 96.4 Å². The van der Waals surface area contributed by atoms with Gasteiger partial charge in [0.2, 0.25) is 0 Å². The van der Waals surface area contributed by atoms with Crippen LogP contribution in [0.4, 0.5) is 0 Å². The van der Waals surface area contributed by atoms with E-state index in [0.717, 1.165) is 28.4 Å². The molecule has 1 aromatic heterocycles. The van der Waals surface area contributed by atoms with E-state index in [1.165, 1.54) is 11.8 Å². The fourth-order valence-electron chi connectivity index (χ4n) is 3.11. The highest BCUT2D eigenvalue weighted by atomic mass is 32.2. The van der Waals surface area contributed by atoms with Crippen molar-refractivity contribution in [3.63, 3.8) is 0 Å². The van der Waals surface area contributed by atoms with Crippen molar-refractivity contribution in [1.29, 1.82) is 0 Å². The van der Waals surface area contributed by atoms with Crippen molar-refractivity contribution in [2.75, 3.05) is 12.4 Å². The summed E-state index contributed by atoms with van der Waals surface area (Å²) in [5.74, 6) is 1.44. The van der Waals surface area contributed by atoms with Gasteiger partial charge in [-0.25, -0.2) is 5.43 Å². The first kappa shape index (κ1) is 22.3. The first-order chi connectivity index (χ1) is 16.2. The van der Waals surface area contributed by atoms with Crippen LogP contribution in [-0.2, 0) is 4.79 Å². The van der Waals surface area contributed by atoms with Gasteiger partial charge in [0.05, 0.1) is 18.6 Å². The minimum Gasteiger partial charge on any atom is -0.494 e. The number of ether oxygens (including phenoxy) is 1. The number of nitrogens with one attached hydrogen (secondary N) is 1. The van der Waals surface area contributed by atoms with Crippen LogP contribution < -0.4 is 10.2 Å². The number of thioether (sulfide) groups is 1. The van der Waals surface area contributed by atoms with Crippen molar-refractivity contribution in [2.24, 2.45) is 5.10 Å². The molecule has 4 aromatic rings. The average molecular weight is 458 g/mol. The molecule has 0 radical (unpaired) electrons. The molecule has 1 N–H and O–H groups in total. The number of benzene rings is 3. The summed E-state index contributed by atoms with van der Waals surface area (Å²) in [6.07, 6.45) is 1.60. The van der Waals surface area contributed by atoms with E-state index in [-0.39, 0.29) is 11.7 Å². The maximum atomic E-state index is 12.3. The van der Waals surface area contributed by atoms with Gasteiger partial charge in [0, 0.05) is 11.3 Å². The quantitative estimate of drug-likeness (QED) is 0.226. The Kier molecular flexibility index (Phi) is 7.50. The summed E-state index contributed by atoms with van der Waals surface area (Å²) >= 11 is 1.31. The van der Waals surface area contributed by atoms with Gasteiger partial charge >= 0.3 is 0 Å². The lowest BCUT2D eigenvalue weighted by atomic mass is 10.2. The van der Waals surface area contributed by atoms with Crippen LogP contribution in [0.3, 0.4) is 0 Å². The molecule has 1 amide bonds. The minimum absolute atomic E-state index is 0.153. The average Bonchev–Trinajstić information content (AvgIpc) is 3.29.